The van der Waals surface area contributed by atoms with Gasteiger partial charge < -0.3 is 10.6 Å². The topological polar surface area (TPSA) is 44.4 Å². The monoisotopic (exact) mass is 297 g/mol. The van der Waals surface area contributed by atoms with Crippen LogP contribution in [0.25, 0.3) is 0 Å². The van der Waals surface area contributed by atoms with Crippen LogP contribution in [0.2, 0.25) is 0 Å². The van der Waals surface area contributed by atoms with Gasteiger partial charge in [0.2, 0.25) is 5.91 Å². The van der Waals surface area contributed by atoms with Crippen molar-refractivity contribution in [2.75, 3.05) is 26.2 Å². The molecule has 124 valence electrons. The molecular formula is C17H35N3O. The summed E-state index contributed by atoms with van der Waals surface area (Å²) in [6, 6.07) is 0.887. The van der Waals surface area contributed by atoms with E-state index in [1.165, 1.54) is 19.3 Å². The molecule has 21 heavy (non-hydrogen) atoms. The first-order valence-electron chi connectivity index (χ1n) is 8.85. The second kappa shape index (κ2) is 10.2. The van der Waals surface area contributed by atoms with Gasteiger partial charge in [0.25, 0.3) is 0 Å². The average Bonchev–Trinajstić information content (AvgIpc) is 2.50. The van der Waals surface area contributed by atoms with Crippen LogP contribution in [0.15, 0.2) is 0 Å². The maximum Gasteiger partial charge on any atom is 0.234 e. The predicted molar refractivity (Wildman–Crippen MR) is 89.4 cm³/mol. The minimum Gasteiger partial charge on any atom is -0.352 e. The fourth-order valence-corrected chi connectivity index (χ4v) is 3.15. The number of rotatable bonds is 9. The van der Waals surface area contributed by atoms with Crippen LogP contribution in [0.4, 0.5) is 0 Å². The largest absolute Gasteiger partial charge is 0.352 e. The van der Waals surface area contributed by atoms with Gasteiger partial charge in [0.15, 0.2) is 0 Å². The molecule has 0 spiro atoms. The lowest BCUT2D eigenvalue weighted by Crippen LogP contribution is -2.48. The van der Waals surface area contributed by atoms with Crippen LogP contribution in [-0.2, 0) is 4.79 Å². The average molecular weight is 297 g/mol. The zero-order valence-corrected chi connectivity index (χ0v) is 14.5. The molecule has 1 saturated heterocycles. The van der Waals surface area contributed by atoms with Gasteiger partial charge in [-0.15, -0.1) is 0 Å². The Morgan fingerprint density at radius 1 is 1.29 bits per heavy atom. The van der Waals surface area contributed by atoms with E-state index in [-0.39, 0.29) is 5.91 Å². The third-order valence-electron chi connectivity index (χ3n) is 4.68. The molecule has 0 aromatic heterocycles. The van der Waals surface area contributed by atoms with Crippen molar-refractivity contribution >= 4 is 5.91 Å². The number of piperidine rings is 1. The molecule has 1 heterocycles. The summed E-state index contributed by atoms with van der Waals surface area (Å²) in [5.41, 5.74) is 0. The maximum absolute atomic E-state index is 12.1. The Morgan fingerprint density at radius 2 is 2.00 bits per heavy atom. The summed E-state index contributed by atoms with van der Waals surface area (Å²) >= 11 is 0. The number of nitrogens with one attached hydrogen (secondary N) is 2. The molecule has 0 aromatic carbocycles. The predicted octanol–water partition coefficient (Wildman–Crippen LogP) is 2.39. The molecule has 4 heteroatoms. The van der Waals surface area contributed by atoms with Gasteiger partial charge in [-0.25, -0.2) is 0 Å². The Balaban J connectivity index is 2.36. The molecule has 0 saturated carbocycles. The highest BCUT2D eigenvalue weighted by Crippen LogP contribution is 2.19. The molecule has 2 unspecified atom stereocenters. The fourth-order valence-electron chi connectivity index (χ4n) is 3.15. The summed E-state index contributed by atoms with van der Waals surface area (Å²) in [6.45, 7) is 12.5. The van der Waals surface area contributed by atoms with Crippen LogP contribution in [0, 0.1) is 5.92 Å². The Hall–Kier alpha value is -0.610. The first-order chi connectivity index (χ1) is 10.1. The van der Waals surface area contributed by atoms with Crippen molar-refractivity contribution in [1.29, 1.82) is 0 Å². The van der Waals surface area contributed by atoms with E-state index >= 15 is 0 Å². The zero-order valence-electron chi connectivity index (χ0n) is 14.5. The molecule has 0 radical (unpaired) electrons. The second-order valence-corrected chi connectivity index (χ2v) is 6.46. The highest BCUT2D eigenvalue weighted by atomic mass is 16.2. The molecule has 4 nitrogen and oxygen atoms in total. The molecule has 1 aliphatic heterocycles. The first kappa shape index (κ1) is 18.4. The Kier molecular flexibility index (Phi) is 8.93. The van der Waals surface area contributed by atoms with Gasteiger partial charge in [0, 0.05) is 18.6 Å². The van der Waals surface area contributed by atoms with Crippen molar-refractivity contribution in [3.63, 3.8) is 0 Å². The summed E-state index contributed by atoms with van der Waals surface area (Å²) in [5.74, 6) is 0.866. The van der Waals surface area contributed by atoms with Crippen molar-refractivity contribution < 1.29 is 4.79 Å². The highest BCUT2D eigenvalue weighted by molar-refractivity contribution is 5.78. The molecule has 1 amide bonds. The number of hydrogen-bond acceptors (Lipinski definition) is 3. The number of likely N-dealkylation sites (tertiary alicyclic amines) is 1. The standard InChI is InChI=1S/C17H35N3O/c1-5-10-18-14(4)15-9-8-11-20(12-15)13-17(21)19-16(6-2)7-3/h14-16,18H,5-13H2,1-4H3,(H,19,21). The zero-order chi connectivity index (χ0) is 15.7. The highest BCUT2D eigenvalue weighted by Gasteiger charge is 2.25. The SMILES string of the molecule is CCCNC(C)C1CCCN(CC(=O)NC(CC)CC)C1. The van der Waals surface area contributed by atoms with Crippen LogP contribution in [-0.4, -0.2) is 49.1 Å². The molecule has 2 N–H and O–H groups in total. The van der Waals surface area contributed by atoms with E-state index in [0.717, 1.165) is 32.5 Å². The van der Waals surface area contributed by atoms with E-state index in [1.54, 1.807) is 0 Å². The van der Waals surface area contributed by atoms with Crippen molar-refractivity contribution in [3.8, 4) is 0 Å². The minimum absolute atomic E-state index is 0.193. The van der Waals surface area contributed by atoms with Gasteiger partial charge in [0.1, 0.15) is 0 Å². The Labute approximate surface area is 131 Å². The summed E-state index contributed by atoms with van der Waals surface area (Å²) in [6.07, 6.45) is 5.70. The van der Waals surface area contributed by atoms with Crippen LogP contribution in [0.5, 0.6) is 0 Å². The van der Waals surface area contributed by atoms with Crippen LogP contribution in [0.3, 0.4) is 0 Å². The molecule has 0 bridgehead atoms. The Bertz CT molecular complexity index is 292. The van der Waals surface area contributed by atoms with Gasteiger partial charge in [-0.05, 0) is 58.0 Å². The number of nitrogens with zero attached hydrogens (tertiary/aromatic N) is 1. The lowest BCUT2D eigenvalue weighted by atomic mass is 9.91. The van der Waals surface area contributed by atoms with E-state index in [2.05, 4.69) is 43.2 Å². The molecule has 1 aliphatic rings. The molecule has 2 atom stereocenters. The Morgan fingerprint density at radius 3 is 2.62 bits per heavy atom. The third kappa shape index (κ3) is 6.79. The van der Waals surface area contributed by atoms with Gasteiger partial charge in [-0.3, -0.25) is 9.69 Å². The minimum atomic E-state index is 0.193. The van der Waals surface area contributed by atoms with E-state index in [4.69, 9.17) is 0 Å². The van der Waals surface area contributed by atoms with Gasteiger partial charge in [0.05, 0.1) is 6.54 Å². The quantitative estimate of drug-likeness (QED) is 0.687. The maximum atomic E-state index is 12.1. The van der Waals surface area contributed by atoms with Crippen molar-refractivity contribution in [2.45, 2.75) is 71.9 Å². The van der Waals surface area contributed by atoms with E-state index in [0.29, 0.717) is 24.5 Å². The summed E-state index contributed by atoms with van der Waals surface area (Å²) < 4.78 is 0. The number of amides is 1. The van der Waals surface area contributed by atoms with Gasteiger partial charge in [-0.2, -0.15) is 0 Å². The number of carbonyl (C=O) groups excluding carboxylic acids is 1. The van der Waals surface area contributed by atoms with E-state index in [1.807, 2.05) is 0 Å². The molecule has 0 aromatic rings. The molecule has 1 fully saturated rings. The normalized spacial score (nSPS) is 21.5. The van der Waals surface area contributed by atoms with Gasteiger partial charge in [-0.1, -0.05) is 20.8 Å². The molecule has 1 rings (SSSR count). The van der Waals surface area contributed by atoms with Gasteiger partial charge >= 0.3 is 0 Å². The summed E-state index contributed by atoms with van der Waals surface area (Å²) in [5, 5.41) is 6.74. The summed E-state index contributed by atoms with van der Waals surface area (Å²) in [4.78, 5) is 14.4. The van der Waals surface area contributed by atoms with E-state index in [9.17, 15) is 4.79 Å². The smallest absolute Gasteiger partial charge is 0.234 e. The van der Waals surface area contributed by atoms with Crippen LogP contribution >= 0.6 is 0 Å². The number of carbonyl (C=O) groups is 1. The van der Waals surface area contributed by atoms with E-state index < -0.39 is 0 Å². The van der Waals surface area contributed by atoms with Crippen molar-refractivity contribution in [1.82, 2.24) is 15.5 Å². The van der Waals surface area contributed by atoms with Crippen molar-refractivity contribution in [2.24, 2.45) is 5.92 Å². The number of hydrogen-bond donors (Lipinski definition) is 2. The lowest BCUT2D eigenvalue weighted by molar-refractivity contribution is -0.123. The summed E-state index contributed by atoms with van der Waals surface area (Å²) in [7, 11) is 0. The van der Waals surface area contributed by atoms with Crippen molar-refractivity contribution in [3.05, 3.63) is 0 Å². The lowest BCUT2D eigenvalue weighted by Gasteiger charge is -2.36. The first-order valence-corrected chi connectivity index (χ1v) is 8.85. The molecule has 0 aliphatic carbocycles. The molecular weight excluding hydrogens is 262 g/mol. The fraction of sp³-hybridized carbons (Fsp3) is 0.941. The third-order valence-corrected chi connectivity index (χ3v) is 4.68. The van der Waals surface area contributed by atoms with Crippen LogP contribution in [0.1, 0.15) is 59.8 Å². The van der Waals surface area contributed by atoms with Crippen LogP contribution < -0.4 is 10.6 Å². The second-order valence-electron chi connectivity index (χ2n) is 6.46.